The Morgan fingerprint density at radius 2 is 0.800 bits per heavy atom. The Morgan fingerprint density at radius 1 is 0.267 bits per heavy atom. The van der Waals surface area contributed by atoms with Crippen LogP contribution in [0.5, 0.6) is 0 Å². The Morgan fingerprint density at radius 3 is 1.57 bits per heavy atom. The van der Waals surface area contributed by atoms with Crippen molar-refractivity contribution in [1.82, 2.24) is 0 Å². The molecule has 0 N–H and O–H groups in total. The van der Waals surface area contributed by atoms with Crippen molar-refractivity contribution < 1.29 is 0 Å². The molecule has 0 bridgehead atoms. The topological polar surface area (TPSA) is 0 Å². The highest BCUT2D eigenvalue weighted by Crippen LogP contribution is 2.48. The predicted octanol–water partition coefficient (Wildman–Crippen LogP) is 8.63. The minimum Gasteiger partial charge on any atom is -0.0616 e. The molecule has 8 aromatic carbocycles. The van der Waals surface area contributed by atoms with E-state index in [0.29, 0.717) is 0 Å². The van der Waals surface area contributed by atoms with Gasteiger partial charge < -0.3 is 0 Å². The molecule has 0 saturated heterocycles. The van der Waals surface area contributed by atoms with Gasteiger partial charge in [0.25, 0.3) is 0 Å². The highest BCUT2D eigenvalue weighted by atomic mass is 14.2. The average Bonchev–Trinajstić information content (AvgIpc) is 2.82. The molecule has 0 aromatic heterocycles. The normalized spacial score (nSPS) is 12.7. The molecule has 0 heteroatoms. The third kappa shape index (κ3) is 1.58. The minimum absolute atomic E-state index is 1.31. The number of rotatable bonds is 0. The van der Waals surface area contributed by atoms with E-state index in [2.05, 4.69) is 97.1 Å². The van der Waals surface area contributed by atoms with Crippen LogP contribution >= 0.6 is 0 Å². The van der Waals surface area contributed by atoms with Crippen molar-refractivity contribution in [3.63, 3.8) is 0 Å². The van der Waals surface area contributed by atoms with E-state index in [4.69, 9.17) is 0 Å². The summed E-state index contributed by atoms with van der Waals surface area (Å²) in [7, 11) is 0. The summed E-state index contributed by atoms with van der Waals surface area (Å²) in [6, 6.07) is 36.2. The lowest BCUT2D eigenvalue weighted by Gasteiger charge is -2.20. The third-order valence-corrected chi connectivity index (χ3v) is 7.12. The van der Waals surface area contributed by atoms with E-state index in [1.54, 1.807) is 0 Å². The zero-order chi connectivity index (χ0) is 19.4. The van der Waals surface area contributed by atoms with Gasteiger partial charge >= 0.3 is 0 Å². The van der Waals surface area contributed by atoms with Crippen molar-refractivity contribution in [3.8, 4) is 0 Å². The maximum Gasteiger partial charge on any atom is -0.000763 e. The Bertz CT molecular complexity index is 1930. The summed E-state index contributed by atoms with van der Waals surface area (Å²) in [5.74, 6) is 0. The first-order valence-corrected chi connectivity index (χ1v) is 10.5. The summed E-state index contributed by atoms with van der Waals surface area (Å²) < 4.78 is 0. The molecule has 0 amide bonds. The van der Waals surface area contributed by atoms with Gasteiger partial charge in [-0.25, -0.2) is 0 Å². The largest absolute Gasteiger partial charge is 0.0616 e. The molecule has 0 heterocycles. The molecule has 0 aliphatic rings. The fourth-order valence-corrected chi connectivity index (χ4v) is 5.94. The van der Waals surface area contributed by atoms with Crippen molar-refractivity contribution in [1.29, 1.82) is 0 Å². The van der Waals surface area contributed by atoms with Crippen molar-refractivity contribution in [2.24, 2.45) is 0 Å². The first-order valence-electron chi connectivity index (χ1n) is 10.5. The number of hydrogen-bond acceptors (Lipinski definition) is 0. The zero-order valence-corrected chi connectivity index (χ0v) is 16.2. The average molecular weight is 376 g/mol. The fraction of sp³-hybridized carbons (Fsp3) is 0. The van der Waals surface area contributed by atoms with Crippen LogP contribution in [-0.2, 0) is 0 Å². The molecule has 8 rings (SSSR count). The van der Waals surface area contributed by atoms with Crippen LogP contribution in [0, 0.1) is 0 Å². The molecule has 0 atom stereocenters. The second-order valence-corrected chi connectivity index (χ2v) is 8.49. The SMILES string of the molecule is c1ccc2c(c1)cc1c3cccc4c5ccccc5c5ccc6ccc2c1c6c5c43. The lowest BCUT2D eigenvalue weighted by molar-refractivity contribution is 1.79. The summed E-state index contributed by atoms with van der Waals surface area (Å²) in [5.41, 5.74) is 0. The van der Waals surface area contributed by atoms with Gasteiger partial charge in [0.15, 0.2) is 0 Å². The second-order valence-electron chi connectivity index (χ2n) is 8.49. The highest BCUT2D eigenvalue weighted by Gasteiger charge is 2.20. The van der Waals surface area contributed by atoms with Crippen LogP contribution in [0.4, 0.5) is 0 Å². The van der Waals surface area contributed by atoms with Gasteiger partial charge in [-0.2, -0.15) is 0 Å². The fourth-order valence-electron chi connectivity index (χ4n) is 5.94. The van der Waals surface area contributed by atoms with Gasteiger partial charge in [0.1, 0.15) is 0 Å². The summed E-state index contributed by atoms with van der Waals surface area (Å²) in [4.78, 5) is 0. The van der Waals surface area contributed by atoms with Gasteiger partial charge in [0.2, 0.25) is 0 Å². The summed E-state index contributed by atoms with van der Waals surface area (Å²) in [5, 5.41) is 19.2. The van der Waals surface area contributed by atoms with Gasteiger partial charge in [-0.1, -0.05) is 91.0 Å². The molecule has 0 fully saturated rings. The van der Waals surface area contributed by atoms with Gasteiger partial charge in [0.05, 0.1) is 0 Å². The Balaban J connectivity index is 1.88. The van der Waals surface area contributed by atoms with Crippen LogP contribution in [0.15, 0.2) is 97.1 Å². The Kier molecular flexibility index (Phi) is 2.49. The Hall–Kier alpha value is -3.90. The molecule has 8 aromatic rings. The monoisotopic (exact) mass is 376 g/mol. The molecule has 0 radical (unpaired) electrons. The minimum atomic E-state index is 1.31. The molecule has 0 aliphatic heterocycles. The van der Waals surface area contributed by atoms with Gasteiger partial charge in [-0.05, 0) is 81.5 Å². The molecular weight excluding hydrogens is 360 g/mol. The predicted molar refractivity (Wildman–Crippen MR) is 131 cm³/mol. The number of fused-ring (bicyclic) bond motifs is 6. The van der Waals surface area contributed by atoms with E-state index in [-0.39, 0.29) is 0 Å². The summed E-state index contributed by atoms with van der Waals surface area (Å²) >= 11 is 0. The molecule has 0 saturated carbocycles. The van der Waals surface area contributed by atoms with E-state index in [0.717, 1.165) is 0 Å². The molecule has 136 valence electrons. The molecule has 0 nitrogen and oxygen atoms in total. The number of benzene rings is 8. The molecule has 0 aliphatic carbocycles. The standard InChI is InChI=1S/C30H16/c1-2-7-19-18(6-1)16-26-23-11-5-10-22-20-8-3-4-9-21(20)25-15-13-17-12-14-24(19)29(26)27(17)30(25)28(22)23/h1-16H. The number of hydrogen-bond donors (Lipinski definition) is 0. The van der Waals surface area contributed by atoms with E-state index in [9.17, 15) is 0 Å². The van der Waals surface area contributed by atoms with Crippen LogP contribution in [0.3, 0.4) is 0 Å². The summed E-state index contributed by atoms with van der Waals surface area (Å²) in [6.07, 6.45) is 0. The molecule has 0 unspecified atom stereocenters. The maximum atomic E-state index is 2.41. The van der Waals surface area contributed by atoms with Crippen molar-refractivity contribution in [3.05, 3.63) is 97.1 Å². The first-order chi connectivity index (χ1) is 14.9. The van der Waals surface area contributed by atoms with Crippen LogP contribution in [0.2, 0.25) is 0 Å². The van der Waals surface area contributed by atoms with E-state index in [1.165, 1.54) is 75.4 Å². The van der Waals surface area contributed by atoms with Crippen LogP contribution in [0.25, 0.3) is 75.4 Å². The first kappa shape index (κ1) is 15.0. The van der Waals surface area contributed by atoms with Gasteiger partial charge in [0, 0.05) is 0 Å². The van der Waals surface area contributed by atoms with Gasteiger partial charge in [-0.15, -0.1) is 0 Å². The van der Waals surface area contributed by atoms with Crippen molar-refractivity contribution in [2.75, 3.05) is 0 Å². The quantitative estimate of drug-likeness (QED) is 0.183. The van der Waals surface area contributed by atoms with Gasteiger partial charge in [-0.3, -0.25) is 0 Å². The highest BCUT2D eigenvalue weighted by molar-refractivity contribution is 6.45. The van der Waals surface area contributed by atoms with Crippen LogP contribution < -0.4 is 0 Å². The lowest BCUT2D eigenvalue weighted by Crippen LogP contribution is -1.92. The van der Waals surface area contributed by atoms with Crippen LogP contribution in [0.1, 0.15) is 0 Å². The molecule has 30 heavy (non-hydrogen) atoms. The van der Waals surface area contributed by atoms with E-state index >= 15 is 0 Å². The molecular formula is C30H16. The van der Waals surface area contributed by atoms with Crippen molar-refractivity contribution >= 4 is 75.4 Å². The molecule has 0 spiro atoms. The second kappa shape index (κ2) is 4.98. The zero-order valence-electron chi connectivity index (χ0n) is 16.2. The third-order valence-electron chi connectivity index (χ3n) is 7.12. The summed E-state index contributed by atoms with van der Waals surface area (Å²) in [6.45, 7) is 0. The van der Waals surface area contributed by atoms with Crippen LogP contribution in [-0.4, -0.2) is 0 Å². The maximum absolute atomic E-state index is 2.41. The van der Waals surface area contributed by atoms with E-state index in [1.807, 2.05) is 0 Å². The van der Waals surface area contributed by atoms with Crippen molar-refractivity contribution in [2.45, 2.75) is 0 Å². The smallest absolute Gasteiger partial charge is 0.000763 e. The van der Waals surface area contributed by atoms with E-state index < -0.39 is 0 Å². The lowest BCUT2D eigenvalue weighted by atomic mass is 9.82. The Labute approximate surface area is 172 Å².